The Bertz CT molecular complexity index is 1130. The number of halogens is 5. The monoisotopic (exact) mass is 501 g/mol. The molecule has 1 atom stereocenters. The Hall–Kier alpha value is -3.60. The molecule has 0 saturated carbocycles. The van der Waals surface area contributed by atoms with E-state index in [1.165, 1.54) is 5.38 Å². The van der Waals surface area contributed by atoms with Crippen LogP contribution in [-0.2, 0) is 17.5 Å². The lowest BCUT2D eigenvalue weighted by Gasteiger charge is -2.19. The first-order chi connectivity index (χ1) is 15.9. The van der Waals surface area contributed by atoms with Gasteiger partial charge in [-0.25, -0.2) is 13.8 Å². The summed E-state index contributed by atoms with van der Waals surface area (Å²) in [6.07, 6.45) is -5.29. The van der Waals surface area contributed by atoms with Crippen LogP contribution in [0.3, 0.4) is 0 Å². The Balaban J connectivity index is 1.50. The Morgan fingerprint density at radius 2 is 1.85 bits per heavy atom. The van der Waals surface area contributed by atoms with Crippen LogP contribution in [0, 0.1) is 11.3 Å². The van der Waals surface area contributed by atoms with Crippen molar-refractivity contribution in [2.24, 2.45) is 0 Å². The fourth-order valence-corrected chi connectivity index (χ4v) is 3.82. The van der Waals surface area contributed by atoms with E-state index >= 15 is 0 Å². The van der Waals surface area contributed by atoms with E-state index in [2.05, 4.69) is 15.6 Å². The lowest BCUT2D eigenvalue weighted by molar-refractivity contribution is -0.137. The predicted octanol–water partition coefficient (Wildman–Crippen LogP) is 2.58. The fourth-order valence-electron chi connectivity index (χ4n) is 3.11. The molecule has 1 aliphatic rings. The number of hydrogen-bond donors (Lipinski definition) is 2. The van der Waals surface area contributed by atoms with E-state index in [4.69, 9.17) is 5.26 Å². The number of carbonyl (C=O) groups excluding carboxylic acids is 3. The second-order valence-corrected chi connectivity index (χ2v) is 8.24. The summed E-state index contributed by atoms with van der Waals surface area (Å²) >= 11 is 1.01. The molecule has 0 spiro atoms. The van der Waals surface area contributed by atoms with Gasteiger partial charge in [0.15, 0.2) is 0 Å². The topological polar surface area (TPSA) is 115 Å². The van der Waals surface area contributed by atoms with Gasteiger partial charge in [0, 0.05) is 17.4 Å². The first-order valence-corrected chi connectivity index (χ1v) is 10.5. The van der Waals surface area contributed by atoms with Gasteiger partial charge in [-0.05, 0) is 24.3 Å². The van der Waals surface area contributed by atoms with Gasteiger partial charge >= 0.3 is 6.18 Å². The van der Waals surface area contributed by atoms with Crippen molar-refractivity contribution in [1.29, 1.82) is 5.26 Å². The minimum Gasteiger partial charge on any atom is -0.346 e. The molecule has 0 bridgehead atoms. The first kappa shape index (κ1) is 25.0. The molecule has 3 rings (SSSR count). The molecule has 14 heteroatoms. The van der Waals surface area contributed by atoms with Crippen LogP contribution in [0.15, 0.2) is 29.6 Å². The largest absolute Gasteiger partial charge is 0.416 e. The highest BCUT2D eigenvalue weighted by atomic mass is 32.1. The lowest BCUT2D eigenvalue weighted by Crippen LogP contribution is -2.43. The summed E-state index contributed by atoms with van der Waals surface area (Å²) in [6, 6.07) is 3.98. The van der Waals surface area contributed by atoms with Crippen molar-refractivity contribution in [2.45, 2.75) is 31.1 Å². The number of benzene rings is 1. The van der Waals surface area contributed by atoms with Gasteiger partial charge in [0.05, 0.1) is 31.3 Å². The van der Waals surface area contributed by atoms with Crippen molar-refractivity contribution in [3.8, 4) is 6.07 Å². The zero-order chi connectivity index (χ0) is 25.1. The van der Waals surface area contributed by atoms with E-state index < -0.39 is 60.9 Å². The number of thiazole rings is 1. The standard InChI is InChI=1S/C20H16F5N5O3S/c21-19(22)5-13(6-26)30(10-19)16(31)8-28-18(33)14-9-34-15(29-14)7-27-17(32)11-1-3-12(4-2-11)20(23,24)25/h1-4,9,13H,5,7-8,10H2,(H,27,32)(H,28,33)/t13-/m0/s1. The minimum absolute atomic E-state index is 0.00389. The molecule has 2 N–H and O–H groups in total. The van der Waals surface area contributed by atoms with E-state index in [1.54, 1.807) is 6.07 Å². The fraction of sp³-hybridized carbons (Fsp3) is 0.350. The number of aromatic nitrogens is 1. The van der Waals surface area contributed by atoms with E-state index in [1.807, 2.05) is 0 Å². The molecule has 8 nitrogen and oxygen atoms in total. The molecular weight excluding hydrogens is 485 g/mol. The molecule has 3 amide bonds. The van der Waals surface area contributed by atoms with Gasteiger partial charge in [0.2, 0.25) is 5.91 Å². The van der Waals surface area contributed by atoms with Crippen LogP contribution in [-0.4, -0.2) is 52.7 Å². The van der Waals surface area contributed by atoms with Gasteiger partial charge in [-0.3, -0.25) is 14.4 Å². The third kappa shape index (κ3) is 6.04. The smallest absolute Gasteiger partial charge is 0.346 e. The molecule has 34 heavy (non-hydrogen) atoms. The Kier molecular flexibility index (Phi) is 7.15. The summed E-state index contributed by atoms with van der Waals surface area (Å²) in [7, 11) is 0. The summed E-state index contributed by atoms with van der Waals surface area (Å²) in [5, 5.41) is 15.3. The Labute approximate surface area is 193 Å². The van der Waals surface area contributed by atoms with Crippen LogP contribution < -0.4 is 10.6 Å². The lowest BCUT2D eigenvalue weighted by atomic mass is 10.1. The molecule has 1 fully saturated rings. The number of carbonyl (C=O) groups is 3. The predicted molar refractivity (Wildman–Crippen MR) is 108 cm³/mol. The van der Waals surface area contributed by atoms with E-state index in [0.717, 1.165) is 35.6 Å². The third-order valence-electron chi connectivity index (χ3n) is 4.80. The Morgan fingerprint density at radius 3 is 2.47 bits per heavy atom. The number of nitrogens with one attached hydrogen (secondary N) is 2. The quantitative estimate of drug-likeness (QED) is 0.591. The highest BCUT2D eigenvalue weighted by Crippen LogP contribution is 2.31. The highest BCUT2D eigenvalue weighted by Gasteiger charge is 2.47. The van der Waals surface area contributed by atoms with Crippen LogP contribution in [0.25, 0.3) is 0 Å². The van der Waals surface area contributed by atoms with Crippen LogP contribution in [0.5, 0.6) is 0 Å². The molecule has 180 valence electrons. The van der Waals surface area contributed by atoms with Crippen molar-refractivity contribution in [3.05, 3.63) is 51.5 Å². The van der Waals surface area contributed by atoms with Crippen LogP contribution in [0.2, 0.25) is 0 Å². The average Bonchev–Trinajstić information content (AvgIpc) is 3.38. The SMILES string of the molecule is N#C[C@@H]1CC(F)(F)CN1C(=O)CNC(=O)c1csc(CNC(=O)c2ccc(C(F)(F)F)cc2)n1. The maximum atomic E-state index is 13.4. The maximum absolute atomic E-state index is 13.4. The van der Waals surface area contributed by atoms with Gasteiger partial charge < -0.3 is 15.5 Å². The van der Waals surface area contributed by atoms with E-state index in [0.29, 0.717) is 9.91 Å². The van der Waals surface area contributed by atoms with Crippen LogP contribution in [0.1, 0.15) is 37.8 Å². The van der Waals surface area contributed by atoms with Crippen molar-refractivity contribution in [1.82, 2.24) is 20.5 Å². The summed E-state index contributed by atoms with van der Waals surface area (Å²) in [5.41, 5.74) is -0.968. The second kappa shape index (κ2) is 9.72. The van der Waals surface area contributed by atoms with Crippen molar-refractivity contribution in [3.63, 3.8) is 0 Å². The molecule has 1 aromatic carbocycles. The minimum atomic E-state index is -4.52. The number of alkyl halides is 5. The highest BCUT2D eigenvalue weighted by molar-refractivity contribution is 7.09. The van der Waals surface area contributed by atoms with Gasteiger partial charge in [-0.15, -0.1) is 11.3 Å². The molecule has 0 unspecified atom stereocenters. The van der Waals surface area contributed by atoms with E-state index in [-0.39, 0.29) is 17.8 Å². The summed E-state index contributed by atoms with van der Waals surface area (Å²) in [5.74, 6) is -5.41. The molecule has 0 aliphatic carbocycles. The number of hydrogen-bond acceptors (Lipinski definition) is 6. The molecule has 1 aliphatic heterocycles. The maximum Gasteiger partial charge on any atom is 0.416 e. The van der Waals surface area contributed by atoms with E-state index in [9.17, 15) is 36.3 Å². The van der Waals surface area contributed by atoms with Crippen LogP contribution in [0.4, 0.5) is 22.0 Å². The molecule has 0 radical (unpaired) electrons. The number of nitriles is 1. The second-order valence-electron chi connectivity index (χ2n) is 7.29. The van der Waals surface area contributed by atoms with Crippen LogP contribution >= 0.6 is 11.3 Å². The first-order valence-electron chi connectivity index (χ1n) is 9.64. The van der Waals surface area contributed by atoms with Gasteiger partial charge in [0.1, 0.15) is 16.7 Å². The number of rotatable bonds is 6. The van der Waals surface area contributed by atoms with Crippen molar-refractivity contribution < 1.29 is 36.3 Å². The average molecular weight is 501 g/mol. The molecule has 2 aromatic rings. The zero-order valence-corrected chi connectivity index (χ0v) is 18.0. The van der Waals surface area contributed by atoms with Crippen molar-refractivity contribution in [2.75, 3.05) is 13.1 Å². The Morgan fingerprint density at radius 1 is 1.18 bits per heavy atom. The molecule has 2 heterocycles. The molecule has 1 aromatic heterocycles. The zero-order valence-electron chi connectivity index (χ0n) is 17.2. The summed E-state index contributed by atoms with van der Waals surface area (Å²) < 4.78 is 64.7. The number of likely N-dealkylation sites (tertiary alicyclic amines) is 1. The van der Waals surface area contributed by atoms with Gasteiger partial charge in [-0.1, -0.05) is 0 Å². The molecule has 1 saturated heterocycles. The van der Waals surface area contributed by atoms with Gasteiger partial charge in [-0.2, -0.15) is 18.4 Å². The number of nitrogens with zero attached hydrogens (tertiary/aromatic N) is 3. The summed E-state index contributed by atoms with van der Waals surface area (Å²) in [6.45, 7) is -1.62. The van der Waals surface area contributed by atoms with Crippen molar-refractivity contribution >= 4 is 29.1 Å². The number of amides is 3. The normalized spacial score (nSPS) is 17.2. The molecular formula is C20H16F5N5O3S. The van der Waals surface area contributed by atoms with Gasteiger partial charge in [0.25, 0.3) is 17.7 Å². The summed E-state index contributed by atoms with van der Waals surface area (Å²) in [4.78, 5) is 41.1. The third-order valence-corrected chi connectivity index (χ3v) is 5.65.